The van der Waals surface area contributed by atoms with Gasteiger partial charge in [0, 0.05) is 13.1 Å². The van der Waals surface area contributed by atoms with E-state index in [1.54, 1.807) is 0 Å². The zero-order valence-corrected chi connectivity index (χ0v) is 11.8. The lowest BCUT2D eigenvalue weighted by Gasteiger charge is -2.28. The molecule has 2 aliphatic rings. The smallest absolute Gasteiger partial charge is 0.0916 e. The fraction of sp³-hybridized carbons (Fsp3) is 0.647. The topological polar surface area (TPSA) is 23.5 Å². The summed E-state index contributed by atoms with van der Waals surface area (Å²) in [7, 11) is 2.15. The Bertz CT molecular complexity index is 405. The van der Waals surface area contributed by atoms with Gasteiger partial charge in [-0.2, -0.15) is 0 Å². The average Bonchev–Trinajstić information content (AvgIpc) is 3.02. The molecule has 2 fully saturated rings. The Labute approximate surface area is 116 Å². The molecule has 2 heteroatoms. The van der Waals surface area contributed by atoms with E-state index in [-0.39, 0.29) is 6.10 Å². The van der Waals surface area contributed by atoms with Crippen LogP contribution in [0.3, 0.4) is 0 Å². The molecule has 3 rings (SSSR count). The van der Waals surface area contributed by atoms with Gasteiger partial charge >= 0.3 is 0 Å². The number of likely N-dealkylation sites (N-methyl/N-ethyl adjacent to an activating group) is 1. The van der Waals surface area contributed by atoms with Crippen LogP contribution in [-0.2, 0) is 0 Å². The van der Waals surface area contributed by atoms with Crippen molar-refractivity contribution in [3.63, 3.8) is 0 Å². The van der Waals surface area contributed by atoms with Crippen molar-refractivity contribution in [2.45, 2.75) is 31.8 Å². The molecule has 0 heterocycles. The van der Waals surface area contributed by atoms with Gasteiger partial charge in [-0.3, -0.25) is 0 Å². The molecule has 1 aromatic rings. The zero-order chi connectivity index (χ0) is 13.2. The van der Waals surface area contributed by atoms with Crippen molar-refractivity contribution >= 4 is 0 Å². The Morgan fingerprint density at radius 2 is 2.00 bits per heavy atom. The van der Waals surface area contributed by atoms with Crippen molar-refractivity contribution < 1.29 is 5.11 Å². The third kappa shape index (κ3) is 3.01. The van der Waals surface area contributed by atoms with Crippen molar-refractivity contribution in [3.05, 3.63) is 35.9 Å². The molecule has 0 saturated heterocycles. The molecule has 0 amide bonds. The Morgan fingerprint density at radius 1 is 1.21 bits per heavy atom. The highest BCUT2D eigenvalue weighted by atomic mass is 16.3. The number of nitrogens with zero attached hydrogens (tertiary/aromatic N) is 1. The molecule has 4 atom stereocenters. The number of benzene rings is 1. The summed E-state index contributed by atoms with van der Waals surface area (Å²) in [6, 6.07) is 10.0. The first-order valence-electron chi connectivity index (χ1n) is 7.64. The minimum Gasteiger partial charge on any atom is -0.387 e. The van der Waals surface area contributed by atoms with Crippen molar-refractivity contribution in [1.29, 1.82) is 0 Å². The molecule has 104 valence electrons. The van der Waals surface area contributed by atoms with Gasteiger partial charge in [-0.05, 0) is 49.6 Å². The molecule has 0 aliphatic heterocycles. The normalized spacial score (nSPS) is 31.0. The second-order valence-corrected chi connectivity index (χ2v) is 6.58. The summed E-state index contributed by atoms with van der Waals surface area (Å²) >= 11 is 0. The Balaban J connectivity index is 1.50. The standard InChI is InChI=1S/C17H25NO/c1-18(11-16-10-13-7-8-15(16)9-13)12-17(19)14-5-3-2-4-6-14/h2-6,13,15-17,19H,7-12H2,1H3. The van der Waals surface area contributed by atoms with Gasteiger partial charge < -0.3 is 10.0 Å². The third-order valence-electron chi connectivity index (χ3n) is 5.10. The van der Waals surface area contributed by atoms with Crippen LogP contribution in [0.2, 0.25) is 0 Å². The van der Waals surface area contributed by atoms with Gasteiger partial charge in [-0.15, -0.1) is 0 Å². The van der Waals surface area contributed by atoms with E-state index in [1.807, 2.05) is 30.3 Å². The molecule has 0 radical (unpaired) electrons. The summed E-state index contributed by atoms with van der Waals surface area (Å²) in [6.07, 6.45) is 5.46. The van der Waals surface area contributed by atoms with Crippen molar-refractivity contribution in [1.82, 2.24) is 4.90 Å². The molecule has 0 aromatic heterocycles. The summed E-state index contributed by atoms with van der Waals surface area (Å²) in [5, 5.41) is 10.3. The van der Waals surface area contributed by atoms with Crippen LogP contribution in [-0.4, -0.2) is 30.1 Å². The molecule has 2 nitrogen and oxygen atoms in total. The summed E-state index contributed by atoms with van der Waals surface area (Å²) in [6.45, 7) is 1.91. The van der Waals surface area contributed by atoms with E-state index in [1.165, 1.54) is 25.7 Å². The summed E-state index contributed by atoms with van der Waals surface area (Å²) in [4.78, 5) is 2.32. The predicted octanol–water partition coefficient (Wildman–Crippen LogP) is 3.09. The second kappa shape index (κ2) is 5.64. The van der Waals surface area contributed by atoms with Crippen LogP contribution in [0.25, 0.3) is 0 Å². The lowest BCUT2D eigenvalue weighted by molar-refractivity contribution is 0.110. The SMILES string of the molecule is CN(CC(O)c1ccccc1)CC1CC2CCC1C2. The number of aliphatic hydroxyl groups is 1. The molecule has 19 heavy (non-hydrogen) atoms. The molecule has 4 unspecified atom stereocenters. The summed E-state index contributed by atoms with van der Waals surface area (Å²) in [5.41, 5.74) is 1.03. The number of rotatable bonds is 5. The zero-order valence-electron chi connectivity index (χ0n) is 11.8. The van der Waals surface area contributed by atoms with Crippen LogP contribution in [0.4, 0.5) is 0 Å². The van der Waals surface area contributed by atoms with Crippen molar-refractivity contribution in [3.8, 4) is 0 Å². The van der Waals surface area contributed by atoms with E-state index in [4.69, 9.17) is 0 Å². The van der Waals surface area contributed by atoms with Crippen LogP contribution in [0.5, 0.6) is 0 Å². The maximum Gasteiger partial charge on any atom is 0.0916 e. The van der Waals surface area contributed by atoms with Crippen LogP contribution >= 0.6 is 0 Å². The molecular weight excluding hydrogens is 234 g/mol. The second-order valence-electron chi connectivity index (χ2n) is 6.58. The van der Waals surface area contributed by atoms with E-state index in [2.05, 4.69) is 11.9 Å². The molecule has 0 spiro atoms. The van der Waals surface area contributed by atoms with Gasteiger partial charge in [-0.1, -0.05) is 36.8 Å². The largest absolute Gasteiger partial charge is 0.387 e. The van der Waals surface area contributed by atoms with E-state index in [9.17, 15) is 5.11 Å². The molecule has 2 saturated carbocycles. The van der Waals surface area contributed by atoms with Gasteiger partial charge in [0.05, 0.1) is 6.10 Å². The Kier molecular flexibility index (Phi) is 3.90. The fourth-order valence-electron chi connectivity index (χ4n) is 4.15. The molecule has 1 aromatic carbocycles. The van der Waals surface area contributed by atoms with Gasteiger partial charge in [0.15, 0.2) is 0 Å². The first kappa shape index (κ1) is 13.1. The van der Waals surface area contributed by atoms with Crippen molar-refractivity contribution in [2.75, 3.05) is 20.1 Å². The number of hydrogen-bond donors (Lipinski definition) is 1. The van der Waals surface area contributed by atoms with Gasteiger partial charge in [0.1, 0.15) is 0 Å². The maximum absolute atomic E-state index is 10.3. The average molecular weight is 259 g/mol. The minimum atomic E-state index is -0.357. The molecule has 1 N–H and O–H groups in total. The predicted molar refractivity (Wildman–Crippen MR) is 77.8 cm³/mol. The number of hydrogen-bond acceptors (Lipinski definition) is 2. The highest BCUT2D eigenvalue weighted by Crippen LogP contribution is 2.48. The van der Waals surface area contributed by atoms with E-state index >= 15 is 0 Å². The highest BCUT2D eigenvalue weighted by molar-refractivity contribution is 5.17. The van der Waals surface area contributed by atoms with Crippen LogP contribution in [0, 0.1) is 17.8 Å². The lowest BCUT2D eigenvalue weighted by Crippen LogP contribution is -2.32. The molecule has 2 bridgehead atoms. The first-order chi connectivity index (χ1) is 9.22. The first-order valence-corrected chi connectivity index (χ1v) is 7.64. The monoisotopic (exact) mass is 259 g/mol. The van der Waals surface area contributed by atoms with Gasteiger partial charge in [0.25, 0.3) is 0 Å². The van der Waals surface area contributed by atoms with Gasteiger partial charge in [0.2, 0.25) is 0 Å². The van der Waals surface area contributed by atoms with E-state index < -0.39 is 0 Å². The third-order valence-corrected chi connectivity index (χ3v) is 5.10. The molecule has 2 aliphatic carbocycles. The summed E-state index contributed by atoms with van der Waals surface area (Å²) < 4.78 is 0. The fourth-order valence-corrected chi connectivity index (χ4v) is 4.15. The Hall–Kier alpha value is -0.860. The van der Waals surface area contributed by atoms with Crippen LogP contribution < -0.4 is 0 Å². The van der Waals surface area contributed by atoms with Crippen molar-refractivity contribution in [2.24, 2.45) is 17.8 Å². The Morgan fingerprint density at radius 3 is 2.63 bits per heavy atom. The molecular formula is C17H25NO. The minimum absolute atomic E-state index is 0.357. The lowest BCUT2D eigenvalue weighted by atomic mass is 9.88. The maximum atomic E-state index is 10.3. The quantitative estimate of drug-likeness (QED) is 0.878. The number of aliphatic hydroxyl groups excluding tert-OH is 1. The van der Waals surface area contributed by atoms with Crippen LogP contribution in [0.15, 0.2) is 30.3 Å². The van der Waals surface area contributed by atoms with E-state index in [0.717, 1.165) is 36.4 Å². The van der Waals surface area contributed by atoms with Crippen LogP contribution in [0.1, 0.15) is 37.4 Å². The highest BCUT2D eigenvalue weighted by Gasteiger charge is 2.39. The van der Waals surface area contributed by atoms with Gasteiger partial charge in [-0.25, -0.2) is 0 Å². The summed E-state index contributed by atoms with van der Waals surface area (Å²) in [5.74, 6) is 2.87. The van der Waals surface area contributed by atoms with E-state index in [0.29, 0.717) is 0 Å². The number of fused-ring (bicyclic) bond motifs is 2.